The molecular formula is C16H17N3. The van der Waals surface area contributed by atoms with Gasteiger partial charge in [-0.3, -0.25) is 0 Å². The van der Waals surface area contributed by atoms with Crippen LogP contribution in [0, 0.1) is 0 Å². The van der Waals surface area contributed by atoms with Crippen LogP contribution in [0.25, 0.3) is 0 Å². The molecule has 0 amide bonds. The SMILES string of the molecule is CN1CC(N)=CN(c2ccccc2)c2ccccc21. The molecule has 19 heavy (non-hydrogen) atoms. The van der Waals surface area contributed by atoms with Crippen LogP contribution in [0.3, 0.4) is 0 Å². The van der Waals surface area contributed by atoms with Gasteiger partial charge in [-0.1, -0.05) is 30.3 Å². The van der Waals surface area contributed by atoms with Gasteiger partial charge in [0.15, 0.2) is 0 Å². The Morgan fingerprint density at radius 2 is 1.53 bits per heavy atom. The Kier molecular flexibility index (Phi) is 2.88. The van der Waals surface area contributed by atoms with Gasteiger partial charge in [-0.2, -0.15) is 0 Å². The number of hydrogen-bond acceptors (Lipinski definition) is 3. The molecule has 0 fully saturated rings. The van der Waals surface area contributed by atoms with Gasteiger partial charge < -0.3 is 15.5 Å². The first-order valence-electron chi connectivity index (χ1n) is 6.36. The largest absolute Gasteiger partial charge is 0.399 e. The summed E-state index contributed by atoms with van der Waals surface area (Å²) in [5.74, 6) is 0. The van der Waals surface area contributed by atoms with Crippen LogP contribution >= 0.6 is 0 Å². The van der Waals surface area contributed by atoms with E-state index >= 15 is 0 Å². The number of nitrogens with zero attached hydrogens (tertiary/aromatic N) is 2. The van der Waals surface area contributed by atoms with E-state index in [4.69, 9.17) is 5.73 Å². The molecular weight excluding hydrogens is 234 g/mol. The van der Waals surface area contributed by atoms with Crippen LogP contribution in [0.2, 0.25) is 0 Å². The molecule has 0 saturated heterocycles. The molecule has 0 aliphatic carbocycles. The lowest BCUT2D eigenvalue weighted by molar-refractivity contribution is 0.977. The summed E-state index contributed by atoms with van der Waals surface area (Å²) in [6, 6.07) is 18.6. The first kappa shape index (κ1) is 11.7. The second-order valence-electron chi connectivity index (χ2n) is 4.75. The predicted octanol–water partition coefficient (Wildman–Crippen LogP) is 3.07. The molecule has 0 aromatic heterocycles. The minimum Gasteiger partial charge on any atom is -0.399 e. The van der Waals surface area contributed by atoms with E-state index < -0.39 is 0 Å². The van der Waals surface area contributed by atoms with Crippen LogP contribution in [0.1, 0.15) is 0 Å². The lowest BCUT2D eigenvalue weighted by atomic mass is 10.2. The van der Waals surface area contributed by atoms with Gasteiger partial charge in [0.2, 0.25) is 0 Å². The normalized spacial score (nSPS) is 14.7. The van der Waals surface area contributed by atoms with E-state index in [9.17, 15) is 0 Å². The molecule has 0 saturated carbocycles. The van der Waals surface area contributed by atoms with E-state index in [-0.39, 0.29) is 0 Å². The van der Waals surface area contributed by atoms with E-state index in [1.54, 1.807) is 0 Å². The van der Waals surface area contributed by atoms with Crippen molar-refractivity contribution in [2.75, 3.05) is 23.4 Å². The highest BCUT2D eigenvalue weighted by Gasteiger charge is 2.18. The summed E-state index contributed by atoms with van der Waals surface area (Å²) in [5.41, 5.74) is 10.4. The first-order valence-corrected chi connectivity index (χ1v) is 6.36. The Morgan fingerprint density at radius 1 is 0.895 bits per heavy atom. The van der Waals surface area contributed by atoms with E-state index in [2.05, 4.69) is 53.2 Å². The molecule has 1 aliphatic heterocycles. The molecule has 0 radical (unpaired) electrons. The first-order chi connectivity index (χ1) is 9.25. The van der Waals surface area contributed by atoms with Gasteiger partial charge in [-0.15, -0.1) is 0 Å². The van der Waals surface area contributed by atoms with Crippen molar-refractivity contribution in [3.8, 4) is 0 Å². The number of fused-ring (bicyclic) bond motifs is 1. The van der Waals surface area contributed by atoms with Crippen LogP contribution in [-0.2, 0) is 0 Å². The minimum absolute atomic E-state index is 0.736. The Labute approximate surface area is 113 Å². The van der Waals surface area contributed by atoms with Gasteiger partial charge in [0.1, 0.15) is 0 Å². The molecule has 0 spiro atoms. The van der Waals surface area contributed by atoms with Gasteiger partial charge in [0, 0.05) is 24.6 Å². The van der Waals surface area contributed by atoms with Crippen LogP contribution in [0.15, 0.2) is 66.5 Å². The van der Waals surface area contributed by atoms with E-state index in [0.29, 0.717) is 0 Å². The predicted molar refractivity (Wildman–Crippen MR) is 80.6 cm³/mol. The lowest BCUT2D eigenvalue weighted by Crippen LogP contribution is -2.22. The fourth-order valence-corrected chi connectivity index (χ4v) is 2.43. The quantitative estimate of drug-likeness (QED) is 0.845. The second kappa shape index (κ2) is 4.69. The summed E-state index contributed by atoms with van der Waals surface area (Å²) in [4.78, 5) is 4.32. The highest BCUT2D eigenvalue weighted by atomic mass is 15.2. The topological polar surface area (TPSA) is 32.5 Å². The van der Waals surface area contributed by atoms with Crippen molar-refractivity contribution < 1.29 is 0 Å². The van der Waals surface area contributed by atoms with Crippen molar-refractivity contribution >= 4 is 17.1 Å². The van der Waals surface area contributed by atoms with Gasteiger partial charge in [-0.25, -0.2) is 0 Å². The van der Waals surface area contributed by atoms with E-state index in [1.807, 2.05) is 24.4 Å². The van der Waals surface area contributed by atoms with E-state index in [0.717, 1.165) is 23.6 Å². The smallest absolute Gasteiger partial charge is 0.0690 e. The van der Waals surface area contributed by atoms with Crippen LogP contribution in [0.5, 0.6) is 0 Å². The molecule has 0 atom stereocenters. The van der Waals surface area contributed by atoms with Crippen LogP contribution < -0.4 is 15.5 Å². The summed E-state index contributed by atoms with van der Waals surface area (Å²) in [7, 11) is 2.06. The third-order valence-corrected chi connectivity index (χ3v) is 3.30. The standard InChI is InChI=1S/C16H17N3/c1-18-11-13(17)12-19(14-7-3-2-4-8-14)16-10-6-5-9-15(16)18/h2-10,12H,11,17H2,1H3. The maximum atomic E-state index is 6.11. The number of hydrogen-bond donors (Lipinski definition) is 1. The molecule has 1 aliphatic rings. The zero-order valence-corrected chi connectivity index (χ0v) is 11.0. The number of nitrogens with two attached hydrogens (primary N) is 1. The Balaban J connectivity index is 2.17. The number of rotatable bonds is 1. The van der Waals surface area contributed by atoms with Crippen molar-refractivity contribution in [1.82, 2.24) is 0 Å². The summed E-state index contributed by atoms with van der Waals surface area (Å²) in [6.45, 7) is 0.736. The van der Waals surface area contributed by atoms with Crippen molar-refractivity contribution in [3.05, 3.63) is 66.5 Å². The Hall–Kier alpha value is -2.42. The molecule has 2 N–H and O–H groups in total. The third-order valence-electron chi connectivity index (χ3n) is 3.30. The number of likely N-dealkylation sites (N-methyl/N-ethyl adjacent to an activating group) is 1. The number of para-hydroxylation sites is 3. The summed E-state index contributed by atoms with van der Waals surface area (Å²) < 4.78 is 0. The second-order valence-corrected chi connectivity index (χ2v) is 4.75. The van der Waals surface area contributed by atoms with Gasteiger partial charge >= 0.3 is 0 Å². The fourth-order valence-electron chi connectivity index (χ4n) is 2.43. The molecule has 3 nitrogen and oxygen atoms in total. The summed E-state index contributed by atoms with van der Waals surface area (Å²) in [5, 5.41) is 0. The number of benzene rings is 2. The minimum atomic E-state index is 0.736. The molecule has 0 bridgehead atoms. The van der Waals surface area contributed by atoms with Crippen molar-refractivity contribution in [2.24, 2.45) is 5.73 Å². The van der Waals surface area contributed by atoms with Crippen LogP contribution in [0.4, 0.5) is 17.1 Å². The Bertz CT molecular complexity index is 604. The molecule has 2 aromatic carbocycles. The third kappa shape index (κ3) is 2.15. The zero-order valence-electron chi connectivity index (χ0n) is 11.0. The highest BCUT2D eigenvalue weighted by Crippen LogP contribution is 2.36. The van der Waals surface area contributed by atoms with Crippen molar-refractivity contribution in [3.63, 3.8) is 0 Å². The molecule has 3 rings (SSSR count). The maximum absolute atomic E-state index is 6.11. The highest BCUT2D eigenvalue weighted by molar-refractivity contribution is 5.80. The van der Waals surface area contributed by atoms with Crippen molar-refractivity contribution in [1.29, 1.82) is 0 Å². The zero-order chi connectivity index (χ0) is 13.2. The summed E-state index contributed by atoms with van der Waals surface area (Å²) in [6.07, 6.45) is 2.01. The average molecular weight is 251 g/mol. The fraction of sp³-hybridized carbons (Fsp3) is 0.125. The summed E-state index contributed by atoms with van der Waals surface area (Å²) >= 11 is 0. The Morgan fingerprint density at radius 3 is 2.26 bits per heavy atom. The van der Waals surface area contributed by atoms with Gasteiger partial charge in [-0.05, 0) is 24.3 Å². The van der Waals surface area contributed by atoms with Gasteiger partial charge in [0.05, 0.1) is 17.9 Å². The average Bonchev–Trinajstić information content (AvgIpc) is 2.57. The monoisotopic (exact) mass is 251 g/mol. The molecule has 96 valence electrons. The van der Waals surface area contributed by atoms with Gasteiger partial charge in [0.25, 0.3) is 0 Å². The molecule has 2 aromatic rings. The lowest BCUT2D eigenvalue weighted by Gasteiger charge is -2.24. The molecule has 3 heteroatoms. The molecule has 0 unspecified atom stereocenters. The molecule has 1 heterocycles. The van der Waals surface area contributed by atoms with Crippen molar-refractivity contribution in [2.45, 2.75) is 0 Å². The van der Waals surface area contributed by atoms with E-state index in [1.165, 1.54) is 5.69 Å². The maximum Gasteiger partial charge on any atom is 0.0690 e. The van der Waals surface area contributed by atoms with Crippen LogP contribution in [-0.4, -0.2) is 13.6 Å². The number of anilines is 3.